The molecule has 130 valence electrons. The number of aliphatic hydroxyl groups excluding tert-OH is 1. The molecular weight excluding hydrogens is 362 g/mol. The second kappa shape index (κ2) is 9.58. The second-order valence-electron chi connectivity index (χ2n) is 4.60. The first-order chi connectivity index (χ1) is 10.8. The lowest BCUT2D eigenvalue weighted by molar-refractivity contribution is -0.130. The summed E-state index contributed by atoms with van der Waals surface area (Å²) in [6.45, 7) is 1.99. The Kier molecular flexibility index (Phi) is 8.48. The number of Topliss-reactive ketones (excluding diaryl/α,β-unsaturated/α-hetero) is 1. The molecule has 7 nitrogen and oxygen atoms in total. The van der Waals surface area contributed by atoms with E-state index in [4.69, 9.17) is 17.3 Å². The Morgan fingerprint density at radius 2 is 2.17 bits per heavy atom. The number of hydrogen-bond acceptors (Lipinski definition) is 7. The number of hydrogen-bond donors (Lipinski definition) is 4. The number of nitrogens with two attached hydrogens (primary N) is 1. The highest BCUT2D eigenvalue weighted by molar-refractivity contribution is 7.99. The summed E-state index contributed by atoms with van der Waals surface area (Å²) in [5.74, 6) is 0.904. The number of carbonyl (C=O) groups excluding carboxylic acids is 1. The van der Waals surface area contributed by atoms with Gasteiger partial charge in [0.25, 0.3) is 10.0 Å². The molecule has 1 unspecified atom stereocenters. The van der Waals surface area contributed by atoms with Gasteiger partial charge in [0.1, 0.15) is 0 Å². The first kappa shape index (κ1) is 20.4. The van der Waals surface area contributed by atoms with Gasteiger partial charge in [-0.15, -0.1) is 4.83 Å². The lowest BCUT2D eigenvalue weighted by Gasteiger charge is -2.17. The lowest BCUT2D eigenvalue weighted by atomic mass is 10.1. The molecule has 5 N–H and O–H groups in total. The van der Waals surface area contributed by atoms with Gasteiger partial charge in [-0.1, -0.05) is 24.6 Å². The number of aliphatic hydroxyl groups is 1. The minimum absolute atomic E-state index is 0.0965. The van der Waals surface area contributed by atoms with Crippen molar-refractivity contribution in [1.29, 1.82) is 0 Å². The third-order valence-electron chi connectivity index (χ3n) is 2.85. The third-order valence-corrected chi connectivity index (χ3v) is 5.28. The summed E-state index contributed by atoms with van der Waals surface area (Å²) in [6, 6.07) is 4.71. The molecule has 0 amide bonds. The van der Waals surface area contributed by atoms with Gasteiger partial charge in [-0.05, 0) is 36.1 Å². The second-order valence-corrected chi connectivity index (χ2v) is 8.12. The molecule has 1 rings (SSSR count). The smallest absolute Gasteiger partial charge is 0.253 e. The number of benzene rings is 1. The van der Waals surface area contributed by atoms with Gasteiger partial charge >= 0.3 is 0 Å². The minimum atomic E-state index is -3.96. The monoisotopic (exact) mass is 381 g/mol. The van der Waals surface area contributed by atoms with Crippen molar-refractivity contribution < 1.29 is 18.3 Å². The van der Waals surface area contributed by atoms with Crippen LogP contribution >= 0.6 is 23.4 Å². The van der Waals surface area contributed by atoms with E-state index in [0.29, 0.717) is 12.2 Å². The number of rotatable bonds is 10. The highest BCUT2D eigenvalue weighted by Crippen LogP contribution is 2.14. The van der Waals surface area contributed by atoms with E-state index < -0.39 is 28.1 Å². The zero-order chi connectivity index (χ0) is 17.5. The first-order valence-corrected chi connectivity index (χ1v) is 9.87. The summed E-state index contributed by atoms with van der Waals surface area (Å²) in [6.07, 6.45) is -1.33. The number of nitrogens with one attached hydrogen (secondary N) is 2. The minimum Gasteiger partial charge on any atom is -0.370 e. The number of sulfonamides is 1. The van der Waals surface area contributed by atoms with Gasteiger partial charge in [-0.2, -0.15) is 11.8 Å². The SMILES string of the molecule is CCSCC[C@@H](N)C(=O)C(O)NNS(=O)(=O)c1cccc(Cl)c1. The van der Waals surface area contributed by atoms with Crippen molar-refractivity contribution >= 4 is 39.2 Å². The molecule has 0 fully saturated rings. The predicted octanol–water partition coefficient (Wildman–Crippen LogP) is 0.481. The molecule has 1 aromatic carbocycles. The molecule has 0 bridgehead atoms. The fourth-order valence-corrected chi connectivity index (χ4v) is 3.49. The Morgan fingerprint density at radius 3 is 2.78 bits per heavy atom. The molecule has 23 heavy (non-hydrogen) atoms. The van der Waals surface area contributed by atoms with Gasteiger partial charge in [0.2, 0.25) is 0 Å². The number of ketones is 1. The van der Waals surface area contributed by atoms with E-state index >= 15 is 0 Å². The lowest BCUT2D eigenvalue weighted by Crippen LogP contribution is -2.52. The molecule has 1 aromatic rings. The predicted molar refractivity (Wildman–Crippen MR) is 91.5 cm³/mol. The average Bonchev–Trinajstić information content (AvgIpc) is 2.52. The summed E-state index contributed by atoms with van der Waals surface area (Å²) in [5, 5.41) is 9.96. The number of thioether (sulfide) groups is 1. The van der Waals surface area contributed by atoms with E-state index in [9.17, 15) is 18.3 Å². The van der Waals surface area contributed by atoms with E-state index in [1.807, 2.05) is 11.8 Å². The van der Waals surface area contributed by atoms with Crippen molar-refractivity contribution in [1.82, 2.24) is 10.3 Å². The van der Waals surface area contributed by atoms with Gasteiger partial charge in [-0.3, -0.25) is 4.79 Å². The Morgan fingerprint density at radius 1 is 1.48 bits per heavy atom. The standard InChI is InChI=1S/C13H20ClN3O4S2/c1-2-22-7-6-11(15)12(18)13(19)16-17-23(20,21)10-5-3-4-9(14)8-10/h3-5,8,11,13,16-17,19H,2,6-7,15H2,1H3/t11-,13?/m1/s1. The third kappa shape index (κ3) is 6.76. The van der Waals surface area contributed by atoms with Gasteiger partial charge in [0.05, 0.1) is 10.9 Å². The zero-order valence-corrected chi connectivity index (χ0v) is 14.9. The summed E-state index contributed by atoms with van der Waals surface area (Å²) in [7, 11) is -3.96. The van der Waals surface area contributed by atoms with E-state index in [1.54, 1.807) is 11.8 Å². The van der Waals surface area contributed by atoms with Crippen LogP contribution in [-0.4, -0.2) is 43.1 Å². The van der Waals surface area contributed by atoms with Crippen LogP contribution in [-0.2, 0) is 14.8 Å². The quantitative estimate of drug-likeness (QED) is 0.264. The van der Waals surface area contributed by atoms with E-state index in [2.05, 4.69) is 5.43 Å². The normalized spacial score (nSPS) is 14.4. The van der Waals surface area contributed by atoms with Crippen molar-refractivity contribution in [2.45, 2.75) is 30.5 Å². The molecule has 0 aliphatic carbocycles. The summed E-state index contributed by atoms with van der Waals surface area (Å²) < 4.78 is 24.0. The van der Waals surface area contributed by atoms with Crippen LogP contribution in [0.3, 0.4) is 0 Å². The van der Waals surface area contributed by atoms with Crippen LogP contribution < -0.4 is 16.0 Å². The Bertz CT molecular complexity index is 627. The number of carbonyl (C=O) groups is 1. The fourth-order valence-electron chi connectivity index (χ4n) is 1.60. The summed E-state index contributed by atoms with van der Waals surface area (Å²) >= 11 is 7.35. The van der Waals surface area contributed by atoms with Crippen molar-refractivity contribution in [2.24, 2.45) is 5.73 Å². The fraction of sp³-hybridized carbons (Fsp3) is 0.462. The molecule has 0 radical (unpaired) electrons. The Labute approximate surface area is 145 Å². The molecule has 0 saturated carbocycles. The molecule has 10 heteroatoms. The van der Waals surface area contributed by atoms with Crippen LogP contribution in [0.5, 0.6) is 0 Å². The van der Waals surface area contributed by atoms with Gasteiger partial charge in [0, 0.05) is 5.02 Å². The number of hydrazine groups is 1. The molecule has 0 aliphatic rings. The molecule has 0 aliphatic heterocycles. The van der Waals surface area contributed by atoms with Crippen molar-refractivity contribution in [3.8, 4) is 0 Å². The molecule has 2 atom stereocenters. The molecule has 0 heterocycles. The van der Waals surface area contributed by atoms with E-state index in [-0.39, 0.29) is 9.92 Å². The highest BCUT2D eigenvalue weighted by atomic mass is 35.5. The van der Waals surface area contributed by atoms with Crippen molar-refractivity contribution in [3.63, 3.8) is 0 Å². The highest BCUT2D eigenvalue weighted by Gasteiger charge is 2.24. The van der Waals surface area contributed by atoms with Gasteiger partial charge in [0.15, 0.2) is 12.0 Å². The molecule has 0 spiro atoms. The maximum Gasteiger partial charge on any atom is 0.253 e. The maximum atomic E-state index is 12.0. The molecule has 0 saturated heterocycles. The summed E-state index contributed by atoms with van der Waals surface area (Å²) in [4.78, 5) is 13.7. The number of halogens is 1. The van der Waals surface area contributed by atoms with Crippen LogP contribution in [0.25, 0.3) is 0 Å². The van der Waals surface area contributed by atoms with Crippen molar-refractivity contribution in [3.05, 3.63) is 29.3 Å². The van der Waals surface area contributed by atoms with Crippen LogP contribution in [0.4, 0.5) is 0 Å². The Balaban J connectivity index is 2.57. The first-order valence-electron chi connectivity index (χ1n) is 6.86. The van der Waals surface area contributed by atoms with Gasteiger partial charge in [-0.25, -0.2) is 13.8 Å². The van der Waals surface area contributed by atoms with Gasteiger partial charge < -0.3 is 10.8 Å². The van der Waals surface area contributed by atoms with E-state index in [1.165, 1.54) is 24.3 Å². The topological polar surface area (TPSA) is 122 Å². The van der Waals surface area contributed by atoms with Crippen LogP contribution in [0.15, 0.2) is 29.2 Å². The van der Waals surface area contributed by atoms with Crippen molar-refractivity contribution in [2.75, 3.05) is 11.5 Å². The molecular formula is C13H20ClN3O4S2. The van der Waals surface area contributed by atoms with E-state index in [0.717, 1.165) is 5.75 Å². The van der Waals surface area contributed by atoms with Crippen LogP contribution in [0.2, 0.25) is 5.02 Å². The largest absolute Gasteiger partial charge is 0.370 e. The van der Waals surface area contributed by atoms with Crippen LogP contribution in [0.1, 0.15) is 13.3 Å². The summed E-state index contributed by atoms with van der Waals surface area (Å²) in [5.41, 5.74) is 7.72. The Hall–Kier alpha value is -0.680. The average molecular weight is 382 g/mol. The molecule has 0 aromatic heterocycles. The zero-order valence-electron chi connectivity index (χ0n) is 12.5. The van der Waals surface area contributed by atoms with Crippen LogP contribution in [0, 0.1) is 0 Å². The maximum absolute atomic E-state index is 12.0.